The molecule has 0 spiro atoms. The number of benzene rings is 2. The van der Waals surface area contributed by atoms with Gasteiger partial charge in [0.1, 0.15) is 0 Å². The lowest BCUT2D eigenvalue weighted by Crippen LogP contribution is -2.41. The van der Waals surface area contributed by atoms with E-state index in [1.807, 2.05) is 0 Å². The van der Waals surface area contributed by atoms with Crippen molar-refractivity contribution in [2.24, 2.45) is 5.92 Å². The number of rotatable bonds is 6. The van der Waals surface area contributed by atoms with Gasteiger partial charge in [-0.1, -0.05) is 60.5 Å². The SMILES string of the molecule is CC[C@@H](NC(=O)C1CCN(Cc2ccc(C)cc2)CC1)c1ccc(C)cc1C. The molecule has 3 heteroatoms. The maximum Gasteiger partial charge on any atom is 0.223 e. The van der Waals surface area contributed by atoms with Crippen LogP contribution >= 0.6 is 0 Å². The summed E-state index contributed by atoms with van der Waals surface area (Å²) in [7, 11) is 0. The predicted molar refractivity (Wildman–Crippen MR) is 116 cm³/mol. The number of likely N-dealkylation sites (tertiary alicyclic amines) is 1. The van der Waals surface area contributed by atoms with Gasteiger partial charge in [0.15, 0.2) is 0 Å². The molecule has 0 aromatic heterocycles. The first-order valence-electron chi connectivity index (χ1n) is 10.6. The molecule has 0 saturated carbocycles. The zero-order valence-corrected chi connectivity index (χ0v) is 17.8. The molecule has 2 aromatic rings. The number of carbonyl (C=O) groups excluding carboxylic acids is 1. The highest BCUT2D eigenvalue weighted by molar-refractivity contribution is 5.79. The number of carbonyl (C=O) groups is 1. The quantitative estimate of drug-likeness (QED) is 0.759. The molecule has 1 aliphatic rings. The van der Waals surface area contributed by atoms with Crippen LogP contribution in [0.2, 0.25) is 0 Å². The third kappa shape index (κ3) is 5.23. The first-order chi connectivity index (χ1) is 13.5. The maximum absolute atomic E-state index is 12.9. The molecule has 0 bridgehead atoms. The van der Waals surface area contributed by atoms with E-state index in [1.54, 1.807) is 0 Å². The Balaban J connectivity index is 1.53. The fraction of sp³-hybridized carbons (Fsp3) is 0.480. The molecule has 1 heterocycles. The van der Waals surface area contributed by atoms with E-state index < -0.39 is 0 Å². The van der Waals surface area contributed by atoms with Crippen molar-refractivity contribution < 1.29 is 4.79 Å². The Bertz CT molecular complexity index is 789. The fourth-order valence-electron chi connectivity index (χ4n) is 4.21. The van der Waals surface area contributed by atoms with Gasteiger partial charge in [-0.15, -0.1) is 0 Å². The van der Waals surface area contributed by atoms with Gasteiger partial charge in [-0.3, -0.25) is 9.69 Å². The van der Waals surface area contributed by atoms with Crippen molar-refractivity contribution in [3.05, 3.63) is 70.3 Å². The molecule has 28 heavy (non-hydrogen) atoms. The van der Waals surface area contributed by atoms with Gasteiger partial charge in [-0.2, -0.15) is 0 Å². The Morgan fingerprint density at radius 3 is 2.29 bits per heavy atom. The van der Waals surface area contributed by atoms with Gasteiger partial charge in [0, 0.05) is 12.5 Å². The number of hydrogen-bond acceptors (Lipinski definition) is 2. The van der Waals surface area contributed by atoms with Crippen molar-refractivity contribution >= 4 is 5.91 Å². The van der Waals surface area contributed by atoms with Crippen molar-refractivity contribution in [3.63, 3.8) is 0 Å². The highest BCUT2D eigenvalue weighted by atomic mass is 16.1. The topological polar surface area (TPSA) is 32.3 Å². The van der Waals surface area contributed by atoms with Crippen LogP contribution in [-0.2, 0) is 11.3 Å². The molecule has 1 atom stereocenters. The van der Waals surface area contributed by atoms with Crippen LogP contribution in [0.5, 0.6) is 0 Å². The second-order valence-electron chi connectivity index (χ2n) is 8.37. The van der Waals surface area contributed by atoms with Gasteiger partial charge in [0.25, 0.3) is 0 Å². The Morgan fingerprint density at radius 1 is 1.04 bits per heavy atom. The van der Waals surface area contributed by atoms with Crippen molar-refractivity contribution in [2.45, 2.75) is 59.5 Å². The van der Waals surface area contributed by atoms with Gasteiger partial charge < -0.3 is 5.32 Å². The Kier molecular flexibility index (Phi) is 6.90. The fourth-order valence-corrected chi connectivity index (χ4v) is 4.21. The monoisotopic (exact) mass is 378 g/mol. The van der Waals surface area contributed by atoms with E-state index in [0.717, 1.165) is 38.9 Å². The molecule has 1 saturated heterocycles. The van der Waals surface area contributed by atoms with E-state index in [9.17, 15) is 4.79 Å². The molecular weight excluding hydrogens is 344 g/mol. The van der Waals surface area contributed by atoms with Crippen LogP contribution in [-0.4, -0.2) is 23.9 Å². The van der Waals surface area contributed by atoms with Gasteiger partial charge in [-0.25, -0.2) is 0 Å². The summed E-state index contributed by atoms with van der Waals surface area (Å²) in [4.78, 5) is 15.4. The van der Waals surface area contributed by atoms with E-state index in [1.165, 1.54) is 27.8 Å². The minimum atomic E-state index is 0.110. The molecule has 0 unspecified atom stereocenters. The molecule has 0 radical (unpaired) electrons. The van der Waals surface area contributed by atoms with Gasteiger partial charge in [0.2, 0.25) is 5.91 Å². The lowest BCUT2D eigenvalue weighted by atomic mass is 9.93. The lowest BCUT2D eigenvalue weighted by molar-refractivity contribution is -0.127. The number of hydrogen-bond donors (Lipinski definition) is 1. The van der Waals surface area contributed by atoms with Crippen LogP contribution in [0.15, 0.2) is 42.5 Å². The highest BCUT2D eigenvalue weighted by Crippen LogP contribution is 2.24. The Labute approximate surface area is 170 Å². The van der Waals surface area contributed by atoms with Crippen LogP contribution < -0.4 is 5.32 Å². The highest BCUT2D eigenvalue weighted by Gasteiger charge is 2.26. The molecule has 1 fully saturated rings. The van der Waals surface area contributed by atoms with Crippen LogP contribution in [0.3, 0.4) is 0 Å². The second kappa shape index (κ2) is 9.38. The van der Waals surface area contributed by atoms with Crippen molar-refractivity contribution in [2.75, 3.05) is 13.1 Å². The first-order valence-corrected chi connectivity index (χ1v) is 10.6. The minimum Gasteiger partial charge on any atom is -0.349 e. The Hall–Kier alpha value is -2.13. The Morgan fingerprint density at radius 2 is 1.68 bits per heavy atom. The summed E-state index contributed by atoms with van der Waals surface area (Å²) in [6.45, 7) is 11.5. The molecule has 1 aliphatic heterocycles. The van der Waals surface area contributed by atoms with Crippen molar-refractivity contribution in [1.29, 1.82) is 0 Å². The maximum atomic E-state index is 12.9. The van der Waals surface area contributed by atoms with Crippen LogP contribution in [0.25, 0.3) is 0 Å². The summed E-state index contributed by atoms with van der Waals surface area (Å²) in [5, 5.41) is 3.33. The lowest BCUT2D eigenvalue weighted by Gasteiger charge is -2.32. The van der Waals surface area contributed by atoms with Gasteiger partial charge in [-0.05, 0) is 69.8 Å². The number of nitrogens with one attached hydrogen (secondary N) is 1. The largest absolute Gasteiger partial charge is 0.349 e. The summed E-state index contributed by atoms with van der Waals surface area (Å²) < 4.78 is 0. The molecule has 2 aromatic carbocycles. The van der Waals surface area contributed by atoms with Crippen LogP contribution in [0, 0.1) is 26.7 Å². The smallest absolute Gasteiger partial charge is 0.223 e. The summed E-state index contributed by atoms with van der Waals surface area (Å²) in [5.41, 5.74) is 6.43. The molecule has 1 N–H and O–H groups in total. The van der Waals surface area contributed by atoms with E-state index in [-0.39, 0.29) is 17.9 Å². The average molecular weight is 379 g/mol. The average Bonchev–Trinajstić information content (AvgIpc) is 2.69. The summed E-state index contributed by atoms with van der Waals surface area (Å²) in [5.74, 6) is 0.357. The third-order valence-electron chi connectivity index (χ3n) is 6.01. The molecular formula is C25H34N2O. The van der Waals surface area contributed by atoms with E-state index in [2.05, 4.69) is 80.4 Å². The zero-order valence-electron chi connectivity index (χ0n) is 17.8. The zero-order chi connectivity index (χ0) is 20.1. The van der Waals surface area contributed by atoms with E-state index in [0.29, 0.717) is 0 Å². The number of nitrogens with zero attached hydrogens (tertiary/aromatic N) is 1. The molecule has 0 aliphatic carbocycles. The molecule has 150 valence electrons. The summed E-state index contributed by atoms with van der Waals surface area (Å²) in [6, 6.07) is 15.4. The number of aryl methyl sites for hydroxylation is 3. The third-order valence-corrected chi connectivity index (χ3v) is 6.01. The molecule has 3 nitrogen and oxygen atoms in total. The molecule has 1 amide bonds. The van der Waals surface area contributed by atoms with E-state index in [4.69, 9.17) is 0 Å². The normalized spacial score (nSPS) is 16.7. The first kappa shape index (κ1) is 20.6. The van der Waals surface area contributed by atoms with Crippen LogP contribution in [0.4, 0.5) is 0 Å². The van der Waals surface area contributed by atoms with E-state index >= 15 is 0 Å². The predicted octanol–water partition coefficient (Wildman–Crippen LogP) is 5.09. The van der Waals surface area contributed by atoms with Gasteiger partial charge in [0.05, 0.1) is 6.04 Å². The summed E-state index contributed by atoms with van der Waals surface area (Å²) in [6.07, 6.45) is 2.81. The van der Waals surface area contributed by atoms with Crippen LogP contribution in [0.1, 0.15) is 60.0 Å². The minimum absolute atomic E-state index is 0.110. The second-order valence-corrected chi connectivity index (χ2v) is 8.37. The van der Waals surface area contributed by atoms with Gasteiger partial charge >= 0.3 is 0 Å². The number of amides is 1. The molecule has 3 rings (SSSR count). The summed E-state index contributed by atoms with van der Waals surface area (Å²) >= 11 is 0. The number of piperidine rings is 1. The van der Waals surface area contributed by atoms with Crippen molar-refractivity contribution in [1.82, 2.24) is 10.2 Å². The van der Waals surface area contributed by atoms with Crippen molar-refractivity contribution in [3.8, 4) is 0 Å². The standard InChI is InChI=1S/C25H34N2O/c1-5-24(23-11-8-19(3)16-20(23)4)26-25(28)22-12-14-27(15-13-22)17-21-9-6-18(2)7-10-21/h6-11,16,22,24H,5,12-15,17H2,1-4H3,(H,26,28)/t24-/m1/s1.